The second-order valence-electron chi connectivity index (χ2n) is 5.54. The third-order valence-corrected chi connectivity index (χ3v) is 8.89. The van der Waals surface area contributed by atoms with Gasteiger partial charge in [-0.25, -0.2) is 18.4 Å². The Kier molecular flexibility index (Phi) is 26.0. The van der Waals surface area contributed by atoms with E-state index in [0.29, 0.717) is 0 Å². The van der Waals surface area contributed by atoms with Crippen molar-refractivity contribution in [3.63, 3.8) is 0 Å². The normalized spacial score (nSPS) is 8.71. The Bertz CT molecular complexity index is 631. The van der Waals surface area contributed by atoms with Crippen molar-refractivity contribution < 1.29 is 34.1 Å². The fraction of sp³-hybridized carbons (Fsp3) is 0.364. The van der Waals surface area contributed by atoms with Gasteiger partial charge in [0.1, 0.15) is 11.6 Å². The average molecular weight is 652 g/mol. The summed E-state index contributed by atoms with van der Waals surface area (Å²) in [4.78, 5) is 20.4. The summed E-state index contributed by atoms with van der Waals surface area (Å²) < 4.78 is 30.4. The Labute approximate surface area is 204 Å². The van der Waals surface area contributed by atoms with Crippen molar-refractivity contribution in [3.8, 4) is 0 Å². The van der Waals surface area contributed by atoms with Crippen LogP contribution >= 0.6 is 0 Å². The van der Waals surface area contributed by atoms with E-state index in [9.17, 15) is 18.4 Å². The number of carbonyl (C=O) groups is 2. The van der Waals surface area contributed by atoms with Crippen molar-refractivity contribution in [1.29, 1.82) is 0 Å². The average Bonchev–Trinajstić information content (AvgIpc) is 2.71. The van der Waals surface area contributed by atoms with E-state index in [1.165, 1.54) is 42.0 Å². The molecule has 0 aliphatic carbocycles. The first kappa shape index (κ1) is 34.4. The zero-order valence-electron chi connectivity index (χ0n) is 18.4. The number of aromatic carboxylic acids is 2. The van der Waals surface area contributed by atoms with Gasteiger partial charge in [0.2, 0.25) is 0 Å². The molecule has 0 aromatic heterocycles. The summed E-state index contributed by atoms with van der Waals surface area (Å²) >= 11 is 0.436. The third-order valence-electron chi connectivity index (χ3n) is 3.18. The molecule has 31 heavy (non-hydrogen) atoms. The van der Waals surface area contributed by atoms with Crippen LogP contribution in [0.4, 0.5) is 8.78 Å². The predicted octanol–water partition coefficient (Wildman–Crippen LogP) is 5.36. The van der Waals surface area contributed by atoms with Crippen molar-refractivity contribution in [2.75, 3.05) is 0 Å². The van der Waals surface area contributed by atoms with Gasteiger partial charge >= 0.3 is 99.7 Å². The number of hydrogen-bond donors (Lipinski definition) is 2. The summed E-state index contributed by atoms with van der Waals surface area (Å²) in [6, 6.07) is 9.34. The van der Waals surface area contributed by atoms with Gasteiger partial charge in [-0.2, -0.15) is 0 Å². The van der Waals surface area contributed by atoms with Crippen LogP contribution in [-0.4, -0.2) is 69.9 Å². The largest absolute Gasteiger partial charge is 0.478 e. The van der Waals surface area contributed by atoms with Crippen LogP contribution in [0.5, 0.6) is 0 Å². The van der Waals surface area contributed by atoms with E-state index in [1.54, 1.807) is 0 Å². The van der Waals surface area contributed by atoms with Crippen LogP contribution in [0.25, 0.3) is 0 Å². The number of benzene rings is 2. The third kappa shape index (κ3) is 21.8. The number of carboxylic acid groups (broad SMARTS) is 2. The van der Waals surface area contributed by atoms with E-state index < -0.39 is 23.6 Å². The molecule has 0 atom stereocenters. The fourth-order valence-corrected chi connectivity index (χ4v) is 4.54. The molecule has 4 radical (unpaired) electrons. The van der Waals surface area contributed by atoms with Crippen LogP contribution in [0.1, 0.15) is 48.4 Å². The molecule has 172 valence electrons. The van der Waals surface area contributed by atoms with Crippen molar-refractivity contribution in [2.24, 2.45) is 0 Å². The first-order valence-electron chi connectivity index (χ1n) is 9.62. The van der Waals surface area contributed by atoms with Crippen LogP contribution in [0.2, 0.25) is 17.7 Å². The molecular weight excluding hydrogens is 620 g/mol. The molecule has 0 unspecified atom stereocenters. The molecule has 0 aliphatic rings. The first-order valence-corrected chi connectivity index (χ1v) is 17.7. The van der Waals surface area contributed by atoms with E-state index >= 15 is 0 Å². The minimum atomic E-state index is -1.04. The van der Waals surface area contributed by atoms with Crippen molar-refractivity contribution in [1.82, 2.24) is 0 Å². The fourth-order valence-electron chi connectivity index (χ4n) is 1.68. The Morgan fingerprint density at radius 1 is 0.645 bits per heavy atom. The number of hydrogen-bond acceptors (Lipinski definition) is 2. The Balaban J connectivity index is -0.000000353. The van der Waals surface area contributed by atoms with Gasteiger partial charge in [0.15, 0.2) is 0 Å². The van der Waals surface area contributed by atoms with Gasteiger partial charge in [0.25, 0.3) is 0 Å². The number of rotatable bonds is 6. The summed E-state index contributed by atoms with van der Waals surface area (Å²) in [5.41, 5.74) is 0.197. The minimum Gasteiger partial charge on any atom is -0.478 e. The summed E-state index contributed by atoms with van der Waals surface area (Å²) in [6.07, 6.45) is 0. The standard InChI is InChI=1S/2C7H5FO2.4C2H5.H2O.2Sn/c2*8-6-3-1-5(2-4-6)7(9)10;4*1-2;;;/h2*1-4H,(H,9,10);4*1H2,2H3;1H2;;. The second kappa shape index (κ2) is 23.5. The molecule has 9 heteroatoms. The number of carboxylic acids is 2. The Morgan fingerprint density at radius 2 is 0.871 bits per heavy atom. The van der Waals surface area contributed by atoms with Gasteiger partial charge in [-0.05, 0) is 48.5 Å². The molecule has 0 spiro atoms. The topological polar surface area (TPSA) is 106 Å². The molecule has 2 aromatic carbocycles. The van der Waals surface area contributed by atoms with Crippen molar-refractivity contribution in [3.05, 3.63) is 71.3 Å². The van der Waals surface area contributed by atoms with Gasteiger partial charge in [0.05, 0.1) is 11.1 Å². The molecule has 0 aliphatic heterocycles. The maximum atomic E-state index is 12.2. The van der Waals surface area contributed by atoms with E-state index in [0.717, 1.165) is 24.3 Å². The van der Waals surface area contributed by atoms with E-state index in [4.69, 9.17) is 10.2 Å². The molecule has 0 saturated carbocycles. The van der Waals surface area contributed by atoms with Gasteiger partial charge in [-0.15, -0.1) is 0 Å². The summed E-state index contributed by atoms with van der Waals surface area (Å²) in [5.74, 6) is -2.94. The number of halogens is 2. The van der Waals surface area contributed by atoms with E-state index in [-0.39, 0.29) is 58.9 Å². The zero-order chi connectivity index (χ0) is 23.4. The van der Waals surface area contributed by atoms with Crippen molar-refractivity contribution in [2.45, 2.75) is 45.4 Å². The van der Waals surface area contributed by atoms with E-state index in [1.807, 2.05) is 0 Å². The zero-order valence-corrected chi connectivity index (χ0v) is 24.1. The smallest absolute Gasteiger partial charge is 0.335 e. The van der Waals surface area contributed by atoms with Crippen LogP contribution in [0.3, 0.4) is 0 Å². The summed E-state index contributed by atoms with van der Waals surface area (Å²) in [5, 5.41) is 16.7. The van der Waals surface area contributed by atoms with Crippen LogP contribution < -0.4 is 0 Å². The SMILES string of the molecule is C[CH2][Sn][CH2]C.C[CH2][Sn][CH2]C.O.O=C(O)c1ccc(F)cc1.O=C(O)c1ccc(F)cc1. The van der Waals surface area contributed by atoms with E-state index in [2.05, 4.69) is 27.7 Å². The summed E-state index contributed by atoms with van der Waals surface area (Å²) in [7, 11) is 0. The molecule has 5 nitrogen and oxygen atoms in total. The van der Waals surface area contributed by atoms with Gasteiger partial charge in [0, 0.05) is 0 Å². The molecule has 0 bridgehead atoms. The second-order valence-corrected chi connectivity index (χ2v) is 16.5. The van der Waals surface area contributed by atoms with Gasteiger partial charge in [-0.3, -0.25) is 0 Å². The molecule has 0 saturated heterocycles. The minimum absolute atomic E-state index is 0. The van der Waals surface area contributed by atoms with Gasteiger partial charge in [-0.1, -0.05) is 0 Å². The molecule has 0 heterocycles. The van der Waals surface area contributed by atoms with Crippen molar-refractivity contribution >= 4 is 54.2 Å². The molecule has 2 aromatic rings. The maximum Gasteiger partial charge on any atom is 0.335 e. The Morgan fingerprint density at radius 3 is 1.00 bits per heavy atom. The maximum absolute atomic E-state index is 12.2. The van der Waals surface area contributed by atoms with Gasteiger partial charge < -0.3 is 15.7 Å². The molecule has 4 N–H and O–H groups in total. The molecule has 2 rings (SSSR count). The monoisotopic (exact) mass is 654 g/mol. The Hall–Kier alpha value is -1.20. The van der Waals surface area contributed by atoms with Crippen LogP contribution in [0.15, 0.2) is 48.5 Å². The summed E-state index contributed by atoms with van der Waals surface area (Å²) in [6.45, 7) is 9.15. The molecular formula is C22H32F2O5Sn2. The predicted molar refractivity (Wildman–Crippen MR) is 124 cm³/mol. The van der Waals surface area contributed by atoms with Crippen LogP contribution in [-0.2, 0) is 0 Å². The molecule has 0 fully saturated rings. The van der Waals surface area contributed by atoms with Crippen LogP contribution in [0, 0.1) is 11.6 Å². The quantitative estimate of drug-likeness (QED) is 0.411. The first-order chi connectivity index (χ1) is 14.2. The molecule has 0 amide bonds.